The number of hydrogen-bond donors (Lipinski definition) is 0. The molecule has 0 amide bonds. The van der Waals surface area contributed by atoms with Crippen molar-refractivity contribution in [3.8, 4) is 5.75 Å². The van der Waals surface area contributed by atoms with Crippen LogP contribution in [0.5, 0.6) is 5.75 Å². The van der Waals surface area contributed by atoms with E-state index in [4.69, 9.17) is 32.4 Å². The molecule has 0 radical (unpaired) electrons. The fraction of sp³-hybridized carbons (Fsp3) is 0.0588. The first-order chi connectivity index (χ1) is 10.9. The largest absolute Gasteiger partial charge is 0.423 e. The number of halogens is 2. The van der Waals surface area contributed by atoms with Gasteiger partial charge in [0.15, 0.2) is 5.75 Å². The number of hydrogen-bond acceptors (Lipinski definition) is 4. The van der Waals surface area contributed by atoms with Crippen LogP contribution in [0.1, 0.15) is 15.9 Å². The average molecular weight is 349 g/mol. The molecule has 0 bridgehead atoms. The molecule has 116 valence electrons. The van der Waals surface area contributed by atoms with E-state index in [1.54, 1.807) is 37.3 Å². The molecule has 0 saturated carbocycles. The molecule has 23 heavy (non-hydrogen) atoms. The van der Waals surface area contributed by atoms with E-state index in [2.05, 4.69) is 0 Å². The Morgan fingerprint density at radius 1 is 1.09 bits per heavy atom. The first-order valence-electron chi connectivity index (χ1n) is 6.66. The summed E-state index contributed by atoms with van der Waals surface area (Å²) in [5, 5.41) is 1.44. The Balaban J connectivity index is 1.99. The van der Waals surface area contributed by atoms with E-state index in [1.807, 2.05) is 0 Å². The van der Waals surface area contributed by atoms with Crippen molar-refractivity contribution >= 4 is 40.1 Å². The molecule has 0 N–H and O–H groups in total. The number of fused-ring (bicyclic) bond motifs is 1. The third-order valence-corrected chi connectivity index (χ3v) is 3.83. The van der Waals surface area contributed by atoms with Gasteiger partial charge in [0.25, 0.3) is 0 Å². The summed E-state index contributed by atoms with van der Waals surface area (Å²) in [6.07, 6.45) is 0. The molecule has 0 unspecified atom stereocenters. The number of carbonyl (C=O) groups excluding carboxylic acids is 1. The van der Waals surface area contributed by atoms with Gasteiger partial charge in [-0.3, -0.25) is 0 Å². The molecule has 1 heterocycles. The maximum absolute atomic E-state index is 12.1. The summed E-state index contributed by atoms with van der Waals surface area (Å²) in [5.41, 5.74) is 0.885. The molecule has 3 aromatic rings. The second-order valence-electron chi connectivity index (χ2n) is 4.92. The van der Waals surface area contributed by atoms with Crippen LogP contribution in [0.15, 0.2) is 51.7 Å². The third kappa shape index (κ3) is 3.23. The molecule has 3 rings (SSSR count). The number of ether oxygens (including phenoxy) is 1. The Hall–Kier alpha value is -2.30. The zero-order valence-electron chi connectivity index (χ0n) is 11.9. The van der Waals surface area contributed by atoms with Crippen LogP contribution in [0.25, 0.3) is 11.0 Å². The van der Waals surface area contributed by atoms with Crippen LogP contribution in [0.4, 0.5) is 0 Å². The van der Waals surface area contributed by atoms with Crippen molar-refractivity contribution in [1.82, 2.24) is 0 Å². The topological polar surface area (TPSA) is 56.5 Å². The normalized spacial score (nSPS) is 10.7. The minimum atomic E-state index is -0.585. The van der Waals surface area contributed by atoms with Crippen molar-refractivity contribution in [1.29, 1.82) is 0 Å². The molecule has 0 aliphatic rings. The highest BCUT2D eigenvalue weighted by Gasteiger charge is 2.14. The van der Waals surface area contributed by atoms with Gasteiger partial charge < -0.3 is 9.15 Å². The van der Waals surface area contributed by atoms with Gasteiger partial charge >= 0.3 is 11.6 Å². The number of aryl methyl sites for hydroxylation is 1. The van der Waals surface area contributed by atoms with Crippen LogP contribution in [-0.2, 0) is 0 Å². The van der Waals surface area contributed by atoms with Crippen LogP contribution in [-0.4, -0.2) is 5.97 Å². The van der Waals surface area contributed by atoms with Crippen molar-refractivity contribution in [2.75, 3.05) is 0 Å². The Morgan fingerprint density at radius 3 is 2.48 bits per heavy atom. The second-order valence-corrected chi connectivity index (χ2v) is 5.77. The van der Waals surface area contributed by atoms with E-state index in [1.165, 1.54) is 12.1 Å². The number of benzene rings is 2. The molecule has 6 heteroatoms. The summed E-state index contributed by atoms with van der Waals surface area (Å²) >= 11 is 11.9. The van der Waals surface area contributed by atoms with Crippen molar-refractivity contribution in [2.45, 2.75) is 6.92 Å². The van der Waals surface area contributed by atoms with Gasteiger partial charge in [-0.25, -0.2) is 9.59 Å². The highest BCUT2D eigenvalue weighted by Crippen LogP contribution is 2.31. The van der Waals surface area contributed by atoms with E-state index in [-0.39, 0.29) is 10.8 Å². The number of carbonyl (C=O) groups is 1. The van der Waals surface area contributed by atoms with Gasteiger partial charge in [-0.1, -0.05) is 23.2 Å². The van der Waals surface area contributed by atoms with Crippen LogP contribution in [0, 0.1) is 6.92 Å². The molecule has 1 aromatic heterocycles. The zero-order chi connectivity index (χ0) is 16.6. The van der Waals surface area contributed by atoms with Gasteiger partial charge in [0, 0.05) is 22.5 Å². The summed E-state index contributed by atoms with van der Waals surface area (Å²) in [4.78, 5) is 23.6. The first kappa shape index (κ1) is 15.6. The van der Waals surface area contributed by atoms with E-state index >= 15 is 0 Å². The molecule has 0 spiro atoms. The van der Waals surface area contributed by atoms with Gasteiger partial charge in [0.2, 0.25) is 0 Å². The van der Waals surface area contributed by atoms with E-state index < -0.39 is 11.6 Å². The number of rotatable bonds is 2. The Kier molecular flexibility index (Phi) is 4.11. The summed E-state index contributed by atoms with van der Waals surface area (Å²) in [7, 11) is 0. The Labute approximate surface area is 141 Å². The monoisotopic (exact) mass is 348 g/mol. The average Bonchev–Trinajstić information content (AvgIpc) is 2.49. The standard InChI is InChI=1S/C17H10Cl2O4/c1-9-6-16(20)22-14-8-15(13(19)7-12(9)14)23-17(21)10-2-4-11(18)5-3-10/h2-8H,1H3. The Bertz CT molecular complexity index is 959. The van der Waals surface area contributed by atoms with Gasteiger partial charge in [-0.2, -0.15) is 0 Å². The van der Waals surface area contributed by atoms with Crippen molar-refractivity contribution in [2.24, 2.45) is 0 Å². The first-order valence-corrected chi connectivity index (χ1v) is 7.41. The molecule has 0 fully saturated rings. The lowest BCUT2D eigenvalue weighted by atomic mass is 10.1. The van der Waals surface area contributed by atoms with Crippen molar-refractivity contribution < 1.29 is 13.9 Å². The molecule has 0 saturated heterocycles. The SMILES string of the molecule is Cc1cc(=O)oc2cc(OC(=O)c3ccc(Cl)cc3)c(Cl)cc12. The second kappa shape index (κ2) is 6.07. The fourth-order valence-corrected chi connectivity index (χ4v) is 2.47. The minimum Gasteiger partial charge on any atom is -0.423 e. The maximum Gasteiger partial charge on any atom is 0.343 e. The van der Waals surface area contributed by atoms with Crippen LogP contribution < -0.4 is 10.4 Å². The highest BCUT2D eigenvalue weighted by molar-refractivity contribution is 6.33. The predicted octanol–water partition coefficient (Wildman–Crippen LogP) is 4.63. The summed E-state index contributed by atoms with van der Waals surface area (Å²) < 4.78 is 10.4. The molecule has 0 aliphatic heterocycles. The third-order valence-electron chi connectivity index (χ3n) is 3.29. The van der Waals surface area contributed by atoms with E-state index in [0.717, 1.165) is 5.56 Å². The summed E-state index contributed by atoms with van der Waals surface area (Å²) in [5.74, 6) is -0.467. The van der Waals surface area contributed by atoms with E-state index in [0.29, 0.717) is 21.6 Å². The van der Waals surface area contributed by atoms with Gasteiger partial charge in [0.05, 0.1) is 10.6 Å². The van der Waals surface area contributed by atoms with Crippen LogP contribution in [0.3, 0.4) is 0 Å². The summed E-state index contributed by atoms with van der Waals surface area (Å²) in [6.45, 7) is 1.77. The molecule has 2 aromatic carbocycles. The molecular weight excluding hydrogens is 339 g/mol. The van der Waals surface area contributed by atoms with Gasteiger partial charge in [-0.15, -0.1) is 0 Å². The lowest BCUT2D eigenvalue weighted by Gasteiger charge is -2.08. The predicted molar refractivity (Wildman–Crippen MR) is 88.6 cm³/mol. The maximum atomic E-state index is 12.1. The van der Waals surface area contributed by atoms with Crippen molar-refractivity contribution in [3.05, 3.63) is 74.1 Å². The van der Waals surface area contributed by atoms with Crippen LogP contribution >= 0.6 is 23.2 Å². The highest BCUT2D eigenvalue weighted by atomic mass is 35.5. The lowest BCUT2D eigenvalue weighted by Crippen LogP contribution is -2.08. The lowest BCUT2D eigenvalue weighted by molar-refractivity contribution is 0.0735. The fourth-order valence-electron chi connectivity index (χ4n) is 2.14. The molecule has 0 aliphatic carbocycles. The Morgan fingerprint density at radius 2 is 1.78 bits per heavy atom. The van der Waals surface area contributed by atoms with Crippen LogP contribution in [0.2, 0.25) is 10.0 Å². The minimum absolute atomic E-state index is 0.118. The van der Waals surface area contributed by atoms with E-state index in [9.17, 15) is 9.59 Å². The summed E-state index contributed by atoms with van der Waals surface area (Å²) in [6, 6.07) is 10.7. The van der Waals surface area contributed by atoms with Gasteiger partial charge in [-0.05, 0) is 42.8 Å². The number of esters is 1. The van der Waals surface area contributed by atoms with Gasteiger partial charge in [0.1, 0.15) is 5.58 Å². The zero-order valence-corrected chi connectivity index (χ0v) is 13.4. The van der Waals surface area contributed by atoms with Crippen molar-refractivity contribution in [3.63, 3.8) is 0 Å². The molecule has 4 nitrogen and oxygen atoms in total. The molecule has 0 atom stereocenters. The smallest absolute Gasteiger partial charge is 0.343 e. The quantitative estimate of drug-likeness (QED) is 0.385. The molecular formula is C17H10Cl2O4.